The highest BCUT2D eigenvalue weighted by Crippen LogP contribution is 2.21. The van der Waals surface area contributed by atoms with Gasteiger partial charge in [-0.25, -0.2) is 9.07 Å². The van der Waals surface area contributed by atoms with E-state index in [0.29, 0.717) is 17.8 Å². The highest BCUT2D eigenvalue weighted by atomic mass is 19.1. The first-order valence-corrected chi connectivity index (χ1v) is 7.68. The average Bonchev–Trinajstić information content (AvgIpc) is 2.77. The number of anilines is 1. The first kappa shape index (κ1) is 17.1. The number of halogens is 1. The van der Waals surface area contributed by atoms with Gasteiger partial charge in [-0.1, -0.05) is 13.3 Å². The van der Waals surface area contributed by atoms with Crippen LogP contribution in [0.1, 0.15) is 38.1 Å². The molecule has 3 N–H and O–H groups in total. The summed E-state index contributed by atoms with van der Waals surface area (Å²) in [6.45, 7) is 7.35. The number of benzene rings is 1. The summed E-state index contributed by atoms with van der Waals surface area (Å²) < 4.78 is 15.9. The molecule has 0 saturated heterocycles. The van der Waals surface area contributed by atoms with E-state index in [1.54, 1.807) is 23.7 Å². The molecule has 0 radical (unpaired) electrons. The van der Waals surface area contributed by atoms with Gasteiger partial charge in [-0.05, 0) is 51.5 Å². The number of amides is 1. The van der Waals surface area contributed by atoms with Crippen molar-refractivity contribution in [2.24, 2.45) is 5.73 Å². The molecule has 1 unspecified atom stereocenters. The number of carbonyl (C=O) groups is 1. The van der Waals surface area contributed by atoms with Crippen LogP contribution in [-0.2, 0) is 4.79 Å². The number of carbonyl (C=O) groups excluding carboxylic acids is 1. The number of hydrogen-bond donors (Lipinski definition) is 2. The minimum Gasteiger partial charge on any atom is -0.324 e. The predicted molar refractivity (Wildman–Crippen MR) is 89.1 cm³/mol. The predicted octanol–water partition coefficient (Wildman–Crippen LogP) is 3.08. The third kappa shape index (κ3) is 3.76. The van der Waals surface area contributed by atoms with Crippen molar-refractivity contribution in [3.05, 3.63) is 41.5 Å². The van der Waals surface area contributed by atoms with Crippen molar-refractivity contribution in [2.45, 2.75) is 46.1 Å². The quantitative estimate of drug-likeness (QED) is 0.890. The van der Waals surface area contributed by atoms with Crippen molar-refractivity contribution < 1.29 is 9.18 Å². The lowest BCUT2D eigenvalue weighted by Crippen LogP contribution is -2.48. The van der Waals surface area contributed by atoms with Gasteiger partial charge in [-0.3, -0.25) is 4.79 Å². The lowest BCUT2D eigenvalue weighted by atomic mass is 9.96. The van der Waals surface area contributed by atoms with Gasteiger partial charge < -0.3 is 11.1 Å². The Kier molecular flexibility index (Phi) is 4.85. The molecule has 0 spiro atoms. The summed E-state index contributed by atoms with van der Waals surface area (Å²) in [6.07, 6.45) is 1.36. The van der Waals surface area contributed by atoms with E-state index >= 15 is 0 Å². The molecule has 1 aromatic heterocycles. The summed E-state index contributed by atoms with van der Waals surface area (Å²) in [5, 5.41) is 6.94. The minimum absolute atomic E-state index is 0.322. The molecular weight excluding hydrogens is 295 g/mol. The fourth-order valence-corrected chi connectivity index (χ4v) is 2.54. The number of aromatic nitrogens is 2. The van der Waals surface area contributed by atoms with Gasteiger partial charge >= 0.3 is 0 Å². The highest BCUT2D eigenvalue weighted by Gasteiger charge is 2.27. The number of aryl methyl sites for hydroxylation is 2. The Bertz CT molecular complexity index is 721. The Morgan fingerprint density at radius 2 is 2.09 bits per heavy atom. The molecule has 1 amide bonds. The van der Waals surface area contributed by atoms with Crippen LogP contribution in [0, 0.1) is 19.7 Å². The smallest absolute Gasteiger partial charge is 0.244 e. The molecular formula is C17H23FN4O. The van der Waals surface area contributed by atoms with Gasteiger partial charge in [0, 0.05) is 11.4 Å². The van der Waals surface area contributed by atoms with Crippen LogP contribution in [-0.4, -0.2) is 21.2 Å². The number of nitrogens with two attached hydrogens (primary N) is 1. The third-order valence-electron chi connectivity index (χ3n) is 3.73. The zero-order valence-corrected chi connectivity index (χ0v) is 14.0. The topological polar surface area (TPSA) is 72.9 Å². The van der Waals surface area contributed by atoms with Crippen molar-refractivity contribution in [3.63, 3.8) is 0 Å². The molecule has 5 nitrogen and oxygen atoms in total. The van der Waals surface area contributed by atoms with Crippen LogP contribution in [0.3, 0.4) is 0 Å². The molecule has 0 bridgehead atoms. The first-order chi connectivity index (χ1) is 10.7. The molecule has 1 aromatic carbocycles. The van der Waals surface area contributed by atoms with Gasteiger partial charge in [0.2, 0.25) is 5.91 Å². The maximum absolute atomic E-state index is 14.4. The first-order valence-electron chi connectivity index (χ1n) is 7.68. The van der Waals surface area contributed by atoms with E-state index in [4.69, 9.17) is 5.73 Å². The van der Waals surface area contributed by atoms with Gasteiger partial charge in [0.1, 0.15) is 5.69 Å². The highest BCUT2D eigenvalue weighted by molar-refractivity contribution is 5.97. The minimum atomic E-state index is -0.973. The molecule has 2 rings (SSSR count). The SMILES string of the molecule is CCCC(C)(N)C(=O)Nc1ccc(-n2nc(C)cc2C)c(F)c1. The molecule has 1 heterocycles. The van der Waals surface area contributed by atoms with E-state index in [9.17, 15) is 9.18 Å². The van der Waals surface area contributed by atoms with Gasteiger partial charge in [0.05, 0.1) is 11.2 Å². The van der Waals surface area contributed by atoms with Gasteiger partial charge in [0.15, 0.2) is 5.82 Å². The Labute approximate surface area is 135 Å². The lowest BCUT2D eigenvalue weighted by Gasteiger charge is -2.23. The Balaban J connectivity index is 2.23. The van der Waals surface area contributed by atoms with E-state index in [0.717, 1.165) is 17.8 Å². The monoisotopic (exact) mass is 318 g/mol. The van der Waals surface area contributed by atoms with Crippen molar-refractivity contribution in [2.75, 3.05) is 5.32 Å². The molecule has 0 fully saturated rings. The summed E-state index contributed by atoms with van der Waals surface area (Å²) in [5.74, 6) is -0.777. The largest absolute Gasteiger partial charge is 0.324 e. The summed E-state index contributed by atoms with van der Waals surface area (Å²) in [6, 6.07) is 6.40. The van der Waals surface area contributed by atoms with Crippen LogP contribution in [0.15, 0.2) is 24.3 Å². The molecule has 23 heavy (non-hydrogen) atoms. The zero-order chi connectivity index (χ0) is 17.2. The van der Waals surface area contributed by atoms with E-state index in [1.807, 2.05) is 26.8 Å². The van der Waals surface area contributed by atoms with Crippen LogP contribution in [0.25, 0.3) is 5.69 Å². The van der Waals surface area contributed by atoms with E-state index in [2.05, 4.69) is 10.4 Å². The van der Waals surface area contributed by atoms with Crippen LogP contribution >= 0.6 is 0 Å². The van der Waals surface area contributed by atoms with Crippen molar-refractivity contribution >= 4 is 11.6 Å². The molecule has 2 aromatic rings. The second kappa shape index (κ2) is 6.50. The van der Waals surface area contributed by atoms with Crippen LogP contribution < -0.4 is 11.1 Å². The fourth-order valence-electron chi connectivity index (χ4n) is 2.54. The molecule has 6 heteroatoms. The van der Waals surface area contributed by atoms with Gasteiger partial charge in [0.25, 0.3) is 0 Å². The van der Waals surface area contributed by atoms with Crippen molar-refractivity contribution in [1.82, 2.24) is 9.78 Å². The molecule has 0 aliphatic rings. The summed E-state index contributed by atoms with van der Waals surface area (Å²) in [4.78, 5) is 12.2. The maximum Gasteiger partial charge on any atom is 0.244 e. The van der Waals surface area contributed by atoms with E-state index in [1.165, 1.54) is 6.07 Å². The van der Waals surface area contributed by atoms with Crippen LogP contribution in [0.4, 0.5) is 10.1 Å². The summed E-state index contributed by atoms with van der Waals surface area (Å²) in [7, 11) is 0. The normalized spacial score (nSPS) is 13.7. The molecule has 1 atom stereocenters. The lowest BCUT2D eigenvalue weighted by molar-refractivity contribution is -0.120. The molecule has 124 valence electrons. The standard InChI is InChI=1S/C17H23FN4O/c1-5-8-17(4,19)16(23)20-13-6-7-15(14(18)10-13)22-12(3)9-11(2)21-22/h6-7,9-10H,5,8,19H2,1-4H3,(H,20,23). The van der Waals surface area contributed by atoms with Crippen LogP contribution in [0.2, 0.25) is 0 Å². The third-order valence-corrected chi connectivity index (χ3v) is 3.73. The Morgan fingerprint density at radius 1 is 1.39 bits per heavy atom. The van der Waals surface area contributed by atoms with Gasteiger partial charge in [-0.15, -0.1) is 0 Å². The van der Waals surface area contributed by atoms with E-state index < -0.39 is 11.4 Å². The fraction of sp³-hybridized carbons (Fsp3) is 0.412. The molecule has 0 aliphatic heterocycles. The van der Waals surface area contributed by atoms with Crippen molar-refractivity contribution in [1.29, 1.82) is 0 Å². The second-order valence-corrected chi connectivity index (χ2v) is 6.13. The summed E-state index contributed by atoms with van der Waals surface area (Å²) >= 11 is 0. The van der Waals surface area contributed by atoms with Gasteiger partial charge in [-0.2, -0.15) is 5.10 Å². The zero-order valence-electron chi connectivity index (χ0n) is 14.0. The van der Waals surface area contributed by atoms with Crippen molar-refractivity contribution in [3.8, 4) is 5.69 Å². The molecule has 0 aliphatic carbocycles. The maximum atomic E-state index is 14.4. The number of rotatable bonds is 5. The van der Waals surface area contributed by atoms with Crippen LogP contribution in [0.5, 0.6) is 0 Å². The Morgan fingerprint density at radius 3 is 2.61 bits per heavy atom. The Hall–Kier alpha value is -2.21. The molecule has 0 saturated carbocycles. The number of nitrogens with zero attached hydrogens (tertiary/aromatic N) is 2. The second-order valence-electron chi connectivity index (χ2n) is 6.13. The summed E-state index contributed by atoms with van der Waals surface area (Å²) in [5.41, 5.74) is 7.39. The number of hydrogen-bond acceptors (Lipinski definition) is 3. The average molecular weight is 318 g/mol. The number of nitrogens with one attached hydrogen (secondary N) is 1. The van der Waals surface area contributed by atoms with E-state index in [-0.39, 0.29) is 5.91 Å².